The smallest absolute Gasteiger partial charge is 0.238 e. The van der Waals surface area contributed by atoms with Crippen LogP contribution >= 0.6 is 23.5 Å². The molecule has 0 aromatic heterocycles. The van der Waals surface area contributed by atoms with Gasteiger partial charge in [0.15, 0.2) is 5.17 Å². The number of amides is 1. The summed E-state index contributed by atoms with van der Waals surface area (Å²) in [5, 5.41) is 0.772. The van der Waals surface area contributed by atoms with Crippen LogP contribution in [-0.4, -0.2) is 46.4 Å². The van der Waals surface area contributed by atoms with Gasteiger partial charge in [-0.25, -0.2) is 4.99 Å². The van der Waals surface area contributed by atoms with Gasteiger partial charge < -0.3 is 4.74 Å². The Morgan fingerprint density at radius 1 is 1.52 bits per heavy atom. The van der Waals surface area contributed by atoms with Crippen molar-refractivity contribution in [3.63, 3.8) is 0 Å². The van der Waals surface area contributed by atoms with Gasteiger partial charge in [-0.15, -0.1) is 0 Å². The van der Waals surface area contributed by atoms with Crippen LogP contribution in [0.3, 0.4) is 0 Å². The molecule has 1 unspecified atom stereocenters. The molecule has 1 saturated heterocycles. The van der Waals surface area contributed by atoms with Gasteiger partial charge >= 0.3 is 0 Å². The number of hydrogen-bond donors (Lipinski definition) is 0. The molecule has 6 heteroatoms. The number of thioether (sulfide) groups is 2. The van der Waals surface area contributed by atoms with E-state index in [4.69, 9.17) is 4.74 Å². The second-order valence-corrected chi connectivity index (χ2v) is 6.51. The first-order valence-corrected chi connectivity index (χ1v) is 9.29. The van der Waals surface area contributed by atoms with Crippen LogP contribution in [0, 0.1) is 0 Å². The summed E-state index contributed by atoms with van der Waals surface area (Å²) in [6, 6.07) is 7.86. The number of rotatable bonds is 5. The first kappa shape index (κ1) is 16.2. The van der Waals surface area contributed by atoms with E-state index in [1.807, 2.05) is 42.3 Å². The van der Waals surface area contributed by atoms with Gasteiger partial charge in [0.05, 0.1) is 12.4 Å². The number of hydrogen-bond acceptors (Lipinski definition) is 5. The van der Waals surface area contributed by atoms with Crippen molar-refractivity contribution in [1.29, 1.82) is 0 Å². The maximum absolute atomic E-state index is 12.2. The highest BCUT2D eigenvalue weighted by molar-refractivity contribution is 8.14. The minimum absolute atomic E-state index is 0.118. The molecule has 114 valence electrons. The standard InChI is InChI=1S/C15H20N2O2S2/c1-4-19-13-8-6-5-7-12(13)16-15-17(11(2)9-21-15)14(18)10-20-3/h5-8,11H,4,9-10H2,1-3H3. The van der Waals surface area contributed by atoms with Crippen molar-refractivity contribution in [1.82, 2.24) is 4.90 Å². The molecule has 1 amide bonds. The molecule has 1 fully saturated rings. The largest absolute Gasteiger partial charge is 0.492 e. The Bertz CT molecular complexity index is 534. The second kappa shape index (κ2) is 7.75. The van der Waals surface area contributed by atoms with Gasteiger partial charge in [-0.2, -0.15) is 11.8 Å². The van der Waals surface area contributed by atoms with Crippen molar-refractivity contribution >= 4 is 40.3 Å². The number of carbonyl (C=O) groups excluding carboxylic acids is 1. The van der Waals surface area contributed by atoms with E-state index in [0.29, 0.717) is 12.4 Å². The summed E-state index contributed by atoms with van der Waals surface area (Å²) >= 11 is 3.16. The molecule has 1 aromatic rings. The van der Waals surface area contributed by atoms with Gasteiger partial charge in [-0.1, -0.05) is 23.9 Å². The van der Waals surface area contributed by atoms with Gasteiger partial charge in [-0.3, -0.25) is 9.69 Å². The molecular weight excluding hydrogens is 304 g/mol. The molecule has 0 bridgehead atoms. The molecule has 0 N–H and O–H groups in total. The van der Waals surface area contributed by atoms with Crippen LogP contribution < -0.4 is 4.74 Å². The lowest BCUT2D eigenvalue weighted by Crippen LogP contribution is -2.38. The molecule has 1 aliphatic heterocycles. The predicted octanol–water partition coefficient (Wildman–Crippen LogP) is 3.40. The van der Waals surface area contributed by atoms with Crippen molar-refractivity contribution in [2.45, 2.75) is 19.9 Å². The third-order valence-corrected chi connectivity index (χ3v) is 4.75. The second-order valence-electron chi connectivity index (χ2n) is 4.65. The van der Waals surface area contributed by atoms with E-state index in [0.717, 1.165) is 22.4 Å². The Morgan fingerprint density at radius 3 is 3.00 bits per heavy atom. The van der Waals surface area contributed by atoms with E-state index in [9.17, 15) is 4.79 Å². The first-order chi connectivity index (χ1) is 10.2. The molecule has 1 heterocycles. The fraction of sp³-hybridized carbons (Fsp3) is 0.467. The fourth-order valence-corrected chi connectivity index (χ4v) is 3.60. The summed E-state index contributed by atoms with van der Waals surface area (Å²) in [4.78, 5) is 18.7. The van der Waals surface area contributed by atoms with E-state index in [1.54, 1.807) is 11.8 Å². The average Bonchev–Trinajstić information content (AvgIpc) is 2.82. The summed E-state index contributed by atoms with van der Waals surface area (Å²) in [6.45, 7) is 4.60. The van der Waals surface area contributed by atoms with Crippen LogP contribution in [0.15, 0.2) is 29.3 Å². The molecule has 0 aliphatic carbocycles. The van der Waals surface area contributed by atoms with E-state index in [2.05, 4.69) is 11.9 Å². The molecule has 21 heavy (non-hydrogen) atoms. The fourth-order valence-electron chi connectivity index (χ4n) is 2.09. The monoisotopic (exact) mass is 324 g/mol. The third-order valence-electron chi connectivity index (χ3n) is 3.02. The Balaban J connectivity index is 2.29. The first-order valence-electron chi connectivity index (χ1n) is 6.91. The molecule has 2 rings (SSSR count). The minimum atomic E-state index is 0.118. The lowest BCUT2D eigenvalue weighted by atomic mass is 10.3. The normalized spacial score (nSPS) is 20.0. The van der Waals surface area contributed by atoms with Gasteiger partial charge in [0.2, 0.25) is 5.91 Å². The van der Waals surface area contributed by atoms with Crippen LogP contribution in [0.5, 0.6) is 5.75 Å². The number of benzene rings is 1. The number of amidine groups is 1. The van der Waals surface area contributed by atoms with Gasteiger partial charge in [0.25, 0.3) is 0 Å². The molecule has 0 radical (unpaired) electrons. The van der Waals surface area contributed by atoms with E-state index in [-0.39, 0.29) is 11.9 Å². The third kappa shape index (κ3) is 3.95. The Kier molecular flexibility index (Phi) is 5.99. The highest BCUT2D eigenvalue weighted by Gasteiger charge is 2.31. The van der Waals surface area contributed by atoms with E-state index < -0.39 is 0 Å². The van der Waals surface area contributed by atoms with Crippen LogP contribution in [0.25, 0.3) is 0 Å². The number of ether oxygens (including phenoxy) is 1. The number of para-hydroxylation sites is 2. The van der Waals surface area contributed by atoms with Crippen LogP contribution in [-0.2, 0) is 4.79 Å². The van der Waals surface area contributed by atoms with E-state index in [1.165, 1.54) is 11.8 Å². The lowest BCUT2D eigenvalue weighted by molar-refractivity contribution is -0.125. The zero-order chi connectivity index (χ0) is 15.2. The van der Waals surface area contributed by atoms with Gasteiger partial charge in [0.1, 0.15) is 11.4 Å². The molecule has 1 aliphatic rings. The number of aliphatic imine (C=N–C) groups is 1. The van der Waals surface area contributed by atoms with Crippen molar-refractivity contribution in [3.05, 3.63) is 24.3 Å². The van der Waals surface area contributed by atoms with Crippen molar-refractivity contribution in [2.24, 2.45) is 4.99 Å². The number of carbonyl (C=O) groups is 1. The van der Waals surface area contributed by atoms with E-state index >= 15 is 0 Å². The summed E-state index contributed by atoms with van der Waals surface area (Å²) < 4.78 is 5.59. The Labute approximate surface area is 134 Å². The molecule has 4 nitrogen and oxygen atoms in total. The maximum atomic E-state index is 12.2. The highest BCUT2D eigenvalue weighted by Crippen LogP contribution is 2.32. The van der Waals surface area contributed by atoms with Crippen molar-refractivity contribution in [3.8, 4) is 5.75 Å². The maximum Gasteiger partial charge on any atom is 0.238 e. The van der Waals surface area contributed by atoms with Crippen LogP contribution in [0.2, 0.25) is 0 Å². The summed E-state index contributed by atoms with van der Waals surface area (Å²) in [5.74, 6) is 2.24. The summed E-state index contributed by atoms with van der Waals surface area (Å²) in [6.07, 6.45) is 1.94. The highest BCUT2D eigenvalue weighted by atomic mass is 32.2. The SMILES string of the molecule is CCOc1ccccc1N=C1SCC(C)N1C(=O)CSC. The zero-order valence-electron chi connectivity index (χ0n) is 12.5. The minimum Gasteiger partial charge on any atom is -0.492 e. The molecule has 1 aromatic carbocycles. The zero-order valence-corrected chi connectivity index (χ0v) is 14.2. The molecular formula is C15H20N2O2S2. The molecule has 0 saturated carbocycles. The van der Waals surface area contributed by atoms with Crippen molar-refractivity contribution in [2.75, 3.05) is 24.4 Å². The summed E-state index contributed by atoms with van der Waals surface area (Å²) in [7, 11) is 0. The van der Waals surface area contributed by atoms with Gasteiger partial charge in [0, 0.05) is 11.8 Å². The summed E-state index contributed by atoms with van der Waals surface area (Å²) in [5.41, 5.74) is 0.776. The number of nitrogens with zero attached hydrogens (tertiary/aromatic N) is 2. The predicted molar refractivity (Wildman–Crippen MR) is 91.9 cm³/mol. The Morgan fingerprint density at radius 2 is 2.29 bits per heavy atom. The molecule has 0 spiro atoms. The van der Waals surface area contributed by atoms with Crippen LogP contribution in [0.1, 0.15) is 13.8 Å². The average molecular weight is 324 g/mol. The lowest BCUT2D eigenvalue weighted by Gasteiger charge is -2.20. The molecule has 1 atom stereocenters. The Hall–Kier alpha value is -1.14. The van der Waals surface area contributed by atoms with Crippen molar-refractivity contribution < 1.29 is 9.53 Å². The topological polar surface area (TPSA) is 41.9 Å². The van der Waals surface area contributed by atoms with Gasteiger partial charge in [-0.05, 0) is 32.2 Å². The van der Waals surface area contributed by atoms with Crippen LogP contribution in [0.4, 0.5) is 5.69 Å². The quantitative estimate of drug-likeness (QED) is 0.832.